The third-order valence-corrected chi connectivity index (χ3v) is 3.09. The summed E-state index contributed by atoms with van der Waals surface area (Å²) in [5.41, 5.74) is 6.16. The van der Waals surface area contributed by atoms with Crippen LogP contribution in [0.25, 0.3) is 0 Å². The van der Waals surface area contributed by atoms with E-state index in [-0.39, 0.29) is 0 Å². The number of rotatable bonds is 5. The van der Waals surface area contributed by atoms with Gasteiger partial charge in [-0.25, -0.2) is 15.8 Å². The molecule has 0 saturated carbocycles. The molecule has 0 aliphatic carbocycles. The lowest BCUT2D eigenvalue weighted by Gasteiger charge is -2.08. The van der Waals surface area contributed by atoms with Gasteiger partial charge in [-0.15, -0.1) is 0 Å². The molecule has 4 nitrogen and oxygen atoms in total. The number of aromatic nitrogens is 2. The minimum absolute atomic E-state index is 0.682. The number of benzene rings is 1. The van der Waals surface area contributed by atoms with Gasteiger partial charge in [0.2, 0.25) is 0 Å². The van der Waals surface area contributed by atoms with Crippen molar-refractivity contribution in [2.75, 3.05) is 5.43 Å². The van der Waals surface area contributed by atoms with E-state index in [4.69, 9.17) is 5.84 Å². The Hall–Kier alpha value is -1.94. The molecule has 1 aromatic carbocycles. The van der Waals surface area contributed by atoms with Crippen LogP contribution < -0.4 is 11.3 Å². The molecular weight excluding hydrogens is 236 g/mol. The van der Waals surface area contributed by atoms with Gasteiger partial charge in [-0.05, 0) is 24.5 Å². The second kappa shape index (κ2) is 6.29. The van der Waals surface area contributed by atoms with Crippen LogP contribution >= 0.6 is 0 Å². The van der Waals surface area contributed by atoms with Crippen LogP contribution in [0.2, 0.25) is 0 Å². The number of hydrogen-bond acceptors (Lipinski definition) is 4. The molecule has 0 unspecified atom stereocenters. The van der Waals surface area contributed by atoms with E-state index >= 15 is 0 Å². The molecule has 19 heavy (non-hydrogen) atoms. The highest BCUT2D eigenvalue weighted by atomic mass is 15.3. The van der Waals surface area contributed by atoms with Crippen LogP contribution in [-0.2, 0) is 12.8 Å². The first kappa shape index (κ1) is 13.5. The van der Waals surface area contributed by atoms with Gasteiger partial charge in [0.25, 0.3) is 0 Å². The maximum atomic E-state index is 5.47. The highest BCUT2D eigenvalue weighted by molar-refractivity contribution is 5.36. The van der Waals surface area contributed by atoms with Gasteiger partial charge in [-0.3, -0.25) is 0 Å². The fourth-order valence-electron chi connectivity index (χ4n) is 2.07. The second-order valence-electron chi connectivity index (χ2n) is 4.66. The largest absolute Gasteiger partial charge is 0.308 e. The first-order chi connectivity index (χ1) is 9.22. The van der Waals surface area contributed by atoms with Crippen molar-refractivity contribution in [3.63, 3.8) is 0 Å². The molecule has 0 aliphatic rings. The fraction of sp³-hybridized carbons (Fsp3) is 0.333. The summed E-state index contributed by atoms with van der Waals surface area (Å²) in [7, 11) is 0. The zero-order valence-corrected chi connectivity index (χ0v) is 11.5. The van der Waals surface area contributed by atoms with Crippen LogP contribution in [0, 0.1) is 6.92 Å². The fourth-order valence-corrected chi connectivity index (χ4v) is 2.07. The minimum atomic E-state index is 0.682. The SMILES string of the molecule is CCCc1cc(NN)nc(Cc2ccccc2C)n1. The van der Waals surface area contributed by atoms with Gasteiger partial charge in [-0.2, -0.15) is 0 Å². The summed E-state index contributed by atoms with van der Waals surface area (Å²) in [6, 6.07) is 10.2. The van der Waals surface area contributed by atoms with Crippen molar-refractivity contribution in [2.45, 2.75) is 33.1 Å². The van der Waals surface area contributed by atoms with Crippen molar-refractivity contribution in [1.29, 1.82) is 0 Å². The molecule has 0 spiro atoms. The third-order valence-electron chi connectivity index (χ3n) is 3.09. The van der Waals surface area contributed by atoms with Gasteiger partial charge in [0.1, 0.15) is 11.6 Å². The molecule has 0 saturated heterocycles. The molecule has 4 heteroatoms. The van der Waals surface area contributed by atoms with Crippen molar-refractivity contribution >= 4 is 5.82 Å². The topological polar surface area (TPSA) is 63.8 Å². The lowest BCUT2D eigenvalue weighted by atomic mass is 10.1. The Kier molecular flexibility index (Phi) is 4.47. The zero-order chi connectivity index (χ0) is 13.7. The predicted molar refractivity (Wildman–Crippen MR) is 77.8 cm³/mol. The molecule has 1 heterocycles. The monoisotopic (exact) mass is 256 g/mol. The van der Waals surface area contributed by atoms with Crippen molar-refractivity contribution in [2.24, 2.45) is 5.84 Å². The van der Waals surface area contributed by atoms with Crippen molar-refractivity contribution < 1.29 is 0 Å². The molecule has 2 aromatic rings. The molecule has 0 atom stereocenters. The van der Waals surface area contributed by atoms with Gasteiger partial charge in [0.05, 0.1) is 0 Å². The number of nitrogen functional groups attached to an aromatic ring is 1. The molecule has 0 fully saturated rings. The van der Waals surface area contributed by atoms with Crippen molar-refractivity contribution in [1.82, 2.24) is 9.97 Å². The first-order valence-corrected chi connectivity index (χ1v) is 6.61. The van der Waals surface area contributed by atoms with Crippen LogP contribution in [0.1, 0.15) is 36.0 Å². The Morgan fingerprint density at radius 1 is 1.21 bits per heavy atom. The lowest BCUT2D eigenvalue weighted by molar-refractivity contribution is 0.840. The van der Waals surface area contributed by atoms with E-state index in [0.29, 0.717) is 5.82 Å². The van der Waals surface area contributed by atoms with Gasteiger partial charge >= 0.3 is 0 Å². The van der Waals surface area contributed by atoms with Gasteiger partial charge in [0, 0.05) is 18.2 Å². The summed E-state index contributed by atoms with van der Waals surface area (Å²) < 4.78 is 0. The summed E-state index contributed by atoms with van der Waals surface area (Å²) in [5.74, 6) is 6.96. The number of aryl methyl sites for hydroxylation is 2. The Morgan fingerprint density at radius 3 is 2.68 bits per heavy atom. The summed E-state index contributed by atoms with van der Waals surface area (Å²) in [6.45, 7) is 4.24. The van der Waals surface area contributed by atoms with Crippen molar-refractivity contribution in [3.8, 4) is 0 Å². The molecule has 0 amide bonds. The number of nitrogens with two attached hydrogens (primary N) is 1. The zero-order valence-electron chi connectivity index (χ0n) is 11.5. The Labute approximate surface area is 114 Å². The van der Waals surface area contributed by atoms with E-state index in [1.165, 1.54) is 11.1 Å². The summed E-state index contributed by atoms with van der Waals surface area (Å²) in [4.78, 5) is 9.02. The molecule has 0 aliphatic heterocycles. The standard InChI is InChI=1S/C15H20N4/c1-3-6-13-10-15(19-16)18-14(17-13)9-12-8-5-4-7-11(12)2/h4-5,7-8,10H,3,6,9,16H2,1-2H3,(H,17,18,19). The van der Waals surface area contributed by atoms with E-state index in [1.807, 2.05) is 18.2 Å². The summed E-state index contributed by atoms with van der Waals surface area (Å²) in [6.07, 6.45) is 2.74. The smallest absolute Gasteiger partial charge is 0.143 e. The number of nitrogens with one attached hydrogen (secondary N) is 1. The maximum Gasteiger partial charge on any atom is 0.143 e. The Morgan fingerprint density at radius 2 is 2.00 bits per heavy atom. The molecule has 3 N–H and O–H groups in total. The maximum absolute atomic E-state index is 5.47. The molecule has 100 valence electrons. The molecule has 2 rings (SSSR count). The van der Waals surface area contributed by atoms with Crippen LogP contribution in [0.15, 0.2) is 30.3 Å². The Balaban J connectivity index is 2.29. The summed E-state index contributed by atoms with van der Waals surface area (Å²) in [5, 5.41) is 0. The Bertz CT molecular complexity index is 552. The average Bonchev–Trinajstić information content (AvgIpc) is 2.41. The number of hydrazine groups is 1. The van der Waals surface area contributed by atoms with Gasteiger partial charge in [0.15, 0.2) is 0 Å². The van der Waals surface area contributed by atoms with Crippen LogP contribution in [-0.4, -0.2) is 9.97 Å². The van der Waals surface area contributed by atoms with Gasteiger partial charge in [-0.1, -0.05) is 37.6 Å². The third kappa shape index (κ3) is 3.51. The number of hydrogen-bond donors (Lipinski definition) is 2. The molecule has 1 aromatic heterocycles. The normalized spacial score (nSPS) is 10.5. The highest BCUT2D eigenvalue weighted by Crippen LogP contribution is 2.14. The number of anilines is 1. The average molecular weight is 256 g/mol. The second-order valence-corrected chi connectivity index (χ2v) is 4.66. The molecule has 0 bridgehead atoms. The summed E-state index contributed by atoms with van der Waals surface area (Å²) >= 11 is 0. The predicted octanol–water partition coefficient (Wildman–Crippen LogP) is 2.61. The van der Waals surface area contributed by atoms with E-state index in [0.717, 1.165) is 30.8 Å². The van der Waals surface area contributed by atoms with Gasteiger partial charge < -0.3 is 5.43 Å². The highest BCUT2D eigenvalue weighted by Gasteiger charge is 2.06. The first-order valence-electron chi connectivity index (χ1n) is 6.61. The van der Waals surface area contributed by atoms with E-state index in [1.54, 1.807) is 0 Å². The minimum Gasteiger partial charge on any atom is -0.308 e. The molecule has 0 radical (unpaired) electrons. The quantitative estimate of drug-likeness (QED) is 0.637. The van der Waals surface area contributed by atoms with Crippen LogP contribution in [0.5, 0.6) is 0 Å². The van der Waals surface area contributed by atoms with Crippen LogP contribution in [0.4, 0.5) is 5.82 Å². The number of nitrogens with zero attached hydrogens (tertiary/aromatic N) is 2. The molecular formula is C15H20N4. The van der Waals surface area contributed by atoms with E-state index in [2.05, 4.69) is 41.4 Å². The van der Waals surface area contributed by atoms with E-state index < -0.39 is 0 Å². The van der Waals surface area contributed by atoms with E-state index in [9.17, 15) is 0 Å². The van der Waals surface area contributed by atoms with Crippen LogP contribution in [0.3, 0.4) is 0 Å². The lowest BCUT2D eigenvalue weighted by Crippen LogP contribution is -2.12. The van der Waals surface area contributed by atoms with Crippen molar-refractivity contribution in [3.05, 3.63) is 53.0 Å².